The van der Waals surface area contributed by atoms with E-state index in [1.807, 2.05) is 36.4 Å². The number of nitrogens with one attached hydrogen (secondary N) is 1. The van der Waals surface area contributed by atoms with Crippen molar-refractivity contribution in [3.63, 3.8) is 0 Å². The molecule has 5 rings (SSSR count). The van der Waals surface area contributed by atoms with E-state index in [2.05, 4.69) is 29.5 Å². The maximum Gasteiger partial charge on any atom is 0.250 e. The Morgan fingerprint density at radius 3 is 2.73 bits per heavy atom. The third-order valence-corrected chi connectivity index (χ3v) is 6.21. The van der Waals surface area contributed by atoms with Crippen LogP contribution < -0.4 is 14.8 Å². The lowest BCUT2D eigenvalue weighted by atomic mass is 10.1. The Kier molecular flexibility index (Phi) is 7.07. The smallest absolute Gasteiger partial charge is 0.250 e. The zero-order chi connectivity index (χ0) is 25.8. The van der Waals surface area contributed by atoms with Crippen LogP contribution in [0.2, 0.25) is 0 Å². The van der Waals surface area contributed by atoms with Crippen LogP contribution in [0.4, 0.5) is 0 Å². The number of para-hydroxylation sites is 1. The minimum Gasteiger partial charge on any atom is -0.467 e. The lowest BCUT2D eigenvalue weighted by molar-refractivity contribution is -0.143. The van der Waals surface area contributed by atoms with Crippen LogP contribution in [-0.4, -0.2) is 45.0 Å². The number of hydrogen-bond acceptors (Lipinski definition) is 7. The van der Waals surface area contributed by atoms with E-state index in [9.17, 15) is 9.59 Å². The molecule has 4 aromatic rings. The topological polar surface area (TPSA) is 112 Å². The fraction of sp³-hybridized carbons (Fsp3) is 0.333. The maximum atomic E-state index is 13.9. The number of benzene rings is 2. The average Bonchev–Trinajstić information content (AvgIpc) is 3.65. The minimum atomic E-state index is -0.977. The lowest BCUT2D eigenvalue weighted by Gasteiger charge is -2.30. The monoisotopic (exact) mass is 503 g/mol. The second-order valence-corrected chi connectivity index (χ2v) is 9.34. The molecule has 192 valence electrons. The first-order valence-corrected chi connectivity index (χ1v) is 12.3. The summed E-state index contributed by atoms with van der Waals surface area (Å²) in [6.07, 6.45) is 2.32. The van der Waals surface area contributed by atoms with Gasteiger partial charge in [-0.05, 0) is 54.3 Å². The maximum absolute atomic E-state index is 13.9. The number of ether oxygens (including phenoxy) is 2. The fourth-order valence-electron chi connectivity index (χ4n) is 4.26. The van der Waals surface area contributed by atoms with Crippen LogP contribution in [0.5, 0.6) is 11.5 Å². The van der Waals surface area contributed by atoms with Gasteiger partial charge in [0.2, 0.25) is 12.7 Å². The van der Waals surface area contributed by atoms with Crippen LogP contribution in [0.15, 0.2) is 65.3 Å². The van der Waals surface area contributed by atoms with Gasteiger partial charge in [-0.1, -0.05) is 37.3 Å². The lowest BCUT2D eigenvalue weighted by Crippen LogP contribution is -2.44. The van der Waals surface area contributed by atoms with Crippen molar-refractivity contribution in [2.75, 3.05) is 13.3 Å². The van der Waals surface area contributed by atoms with E-state index in [4.69, 9.17) is 13.9 Å². The Bertz CT molecular complexity index is 1380. The van der Waals surface area contributed by atoms with Crippen LogP contribution >= 0.6 is 0 Å². The summed E-state index contributed by atoms with van der Waals surface area (Å²) in [7, 11) is 0. The normalized spacial score (nSPS) is 13.2. The van der Waals surface area contributed by atoms with Crippen molar-refractivity contribution < 1.29 is 23.5 Å². The van der Waals surface area contributed by atoms with Crippen LogP contribution in [0.3, 0.4) is 0 Å². The molecule has 3 heterocycles. The third kappa shape index (κ3) is 5.42. The van der Waals surface area contributed by atoms with E-state index in [1.54, 1.807) is 22.9 Å². The second kappa shape index (κ2) is 10.7. The van der Waals surface area contributed by atoms with Crippen LogP contribution in [0.1, 0.15) is 37.6 Å². The van der Waals surface area contributed by atoms with Crippen molar-refractivity contribution in [3.05, 3.63) is 72.2 Å². The Morgan fingerprint density at radius 2 is 1.92 bits per heavy atom. The molecule has 10 nitrogen and oxygen atoms in total. The molecule has 0 unspecified atom stereocenters. The van der Waals surface area contributed by atoms with E-state index in [0.29, 0.717) is 35.2 Å². The molecule has 2 amide bonds. The van der Waals surface area contributed by atoms with Gasteiger partial charge in [0, 0.05) is 13.1 Å². The van der Waals surface area contributed by atoms with E-state index in [0.717, 1.165) is 17.5 Å². The van der Waals surface area contributed by atoms with Gasteiger partial charge >= 0.3 is 0 Å². The molecule has 37 heavy (non-hydrogen) atoms. The Balaban J connectivity index is 1.48. The highest BCUT2D eigenvalue weighted by molar-refractivity contribution is 5.88. The molecular formula is C27H29N5O5. The zero-order valence-corrected chi connectivity index (χ0v) is 20.8. The SMILES string of the molecule is CC(C)CCNC(=O)[C@H](c1ccco1)N(Cc1ccc2c(c1)OCO2)C(=O)Cn1nnc2ccccc21. The number of aromatic nitrogens is 3. The molecule has 2 aromatic heterocycles. The molecule has 1 atom stereocenters. The van der Waals surface area contributed by atoms with Gasteiger partial charge in [0.15, 0.2) is 17.5 Å². The first-order chi connectivity index (χ1) is 18.0. The molecule has 0 aliphatic carbocycles. The standard InChI is InChI=1S/C27H29N5O5/c1-18(2)11-12-28-27(34)26(23-8-5-13-35-23)31(15-19-9-10-22-24(14-19)37-17-36-22)25(33)16-32-21-7-4-3-6-20(21)29-30-32/h3-10,13-14,18,26H,11-12,15-17H2,1-2H3,(H,28,34)/t26-/m0/s1. The highest BCUT2D eigenvalue weighted by Gasteiger charge is 2.34. The highest BCUT2D eigenvalue weighted by atomic mass is 16.7. The summed E-state index contributed by atoms with van der Waals surface area (Å²) in [6, 6.07) is 15.3. The van der Waals surface area contributed by atoms with Gasteiger partial charge in [0.1, 0.15) is 17.8 Å². The van der Waals surface area contributed by atoms with Crippen molar-refractivity contribution in [1.29, 1.82) is 0 Å². The molecule has 0 saturated carbocycles. The molecule has 2 aromatic carbocycles. The molecule has 0 spiro atoms. The van der Waals surface area contributed by atoms with Crippen LogP contribution in [-0.2, 0) is 22.7 Å². The van der Waals surface area contributed by atoms with E-state index in [1.165, 1.54) is 11.2 Å². The first-order valence-electron chi connectivity index (χ1n) is 12.3. The van der Waals surface area contributed by atoms with Crippen molar-refractivity contribution in [2.24, 2.45) is 5.92 Å². The van der Waals surface area contributed by atoms with Crippen molar-refractivity contribution in [3.8, 4) is 11.5 Å². The predicted octanol–water partition coefficient (Wildman–Crippen LogP) is 3.69. The number of nitrogens with zero attached hydrogens (tertiary/aromatic N) is 4. The third-order valence-electron chi connectivity index (χ3n) is 6.21. The van der Waals surface area contributed by atoms with Gasteiger partial charge in [-0.15, -0.1) is 5.10 Å². The molecule has 1 N–H and O–H groups in total. The van der Waals surface area contributed by atoms with Crippen molar-refractivity contribution >= 4 is 22.8 Å². The summed E-state index contributed by atoms with van der Waals surface area (Å²) in [5, 5.41) is 11.3. The number of amides is 2. The molecule has 1 aliphatic rings. The summed E-state index contributed by atoms with van der Waals surface area (Å²) < 4.78 is 18.1. The quantitative estimate of drug-likeness (QED) is 0.351. The molecule has 0 bridgehead atoms. The number of carbonyl (C=O) groups is 2. The van der Waals surface area contributed by atoms with Crippen molar-refractivity contribution in [2.45, 2.75) is 39.4 Å². The van der Waals surface area contributed by atoms with E-state index in [-0.39, 0.29) is 31.7 Å². The van der Waals surface area contributed by atoms with Gasteiger partial charge in [-0.3, -0.25) is 9.59 Å². The Hall–Kier alpha value is -4.34. The number of furan rings is 1. The molecule has 0 fully saturated rings. The minimum absolute atomic E-state index is 0.0957. The van der Waals surface area contributed by atoms with E-state index < -0.39 is 6.04 Å². The summed E-state index contributed by atoms with van der Waals surface area (Å²) in [5.41, 5.74) is 2.20. The van der Waals surface area contributed by atoms with Gasteiger partial charge < -0.3 is 24.1 Å². The summed E-state index contributed by atoms with van der Waals surface area (Å²) in [6.45, 7) is 4.87. The number of fused-ring (bicyclic) bond motifs is 2. The second-order valence-electron chi connectivity index (χ2n) is 9.34. The zero-order valence-electron chi connectivity index (χ0n) is 20.8. The molecule has 1 aliphatic heterocycles. The summed E-state index contributed by atoms with van der Waals surface area (Å²) in [5.74, 6) is 1.42. The van der Waals surface area contributed by atoms with Gasteiger partial charge in [0.25, 0.3) is 5.91 Å². The highest BCUT2D eigenvalue weighted by Crippen LogP contribution is 2.34. The Morgan fingerprint density at radius 1 is 1.08 bits per heavy atom. The first kappa shape index (κ1) is 24.4. The largest absolute Gasteiger partial charge is 0.467 e. The fourth-order valence-corrected chi connectivity index (χ4v) is 4.26. The molecule has 10 heteroatoms. The summed E-state index contributed by atoms with van der Waals surface area (Å²) >= 11 is 0. The number of carbonyl (C=O) groups excluding carboxylic acids is 2. The van der Waals surface area contributed by atoms with E-state index >= 15 is 0 Å². The molecule has 0 radical (unpaired) electrons. The van der Waals surface area contributed by atoms with Gasteiger partial charge in [-0.25, -0.2) is 4.68 Å². The molecule has 0 saturated heterocycles. The van der Waals surface area contributed by atoms with Crippen LogP contribution in [0, 0.1) is 5.92 Å². The van der Waals surface area contributed by atoms with Gasteiger partial charge in [0.05, 0.1) is 11.8 Å². The predicted molar refractivity (Wildman–Crippen MR) is 135 cm³/mol. The average molecular weight is 504 g/mol. The van der Waals surface area contributed by atoms with Gasteiger partial charge in [-0.2, -0.15) is 0 Å². The van der Waals surface area contributed by atoms with Crippen molar-refractivity contribution in [1.82, 2.24) is 25.2 Å². The number of rotatable bonds is 10. The Labute approximate surface area is 214 Å². The molecular weight excluding hydrogens is 474 g/mol. The van der Waals surface area contributed by atoms with Crippen LogP contribution in [0.25, 0.3) is 11.0 Å². The summed E-state index contributed by atoms with van der Waals surface area (Å²) in [4.78, 5) is 28.9. The number of hydrogen-bond donors (Lipinski definition) is 1.